The van der Waals surface area contributed by atoms with Crippen LogP contribution in [0.25, 0.3) is 11.0 Å². The second-order valence-corrected chi connectivity index (χ2v) is 3.45. The summed E-state index contributed by atoms with van der Waals surface area (Å²) in [6.45, 7) is 3.00. The van der Waals surface area contributed by atoms with Crippen LogP contribution < -0.4 is 0 Å². The maximum absolute atomic E-state index is 10.7. The number of benzene rings is 1. The van der Waals surface area contributed by atoms with Crippen molar-refractivity contribution in [1.82, 2.24) is 9.55 Å². The molecule has 1 heterocycles. The van der Waals surface area contributed by atoms with Gasteiger partial charge in [-0.25, -0.2) is 9.78 Å². The molecule has 0 atom stereocenters. The molecule has 0 aliphatic heterocycles. The van der Waals surface area contributed by atoms with Crippen LogP contribution in [0.2, 0.25) is 0 Å². The number of aromatic nitrogens is 2. The number of aromatic carboxylic acids is 1. The Hall–Kier alpha value is -1.84. The second-order valence-electron chi connectivity index (χ2n) is 3.45. The Labute approximate surface area is 87.2 Å². The summed E-state index contributed by atoms with van der Waals surface area (Å²) < 4.78 is 2.03. The highest BCUT2D eigenvalue weighted by Gasteiger charge is 2.06. The highest BCUT2D eigenvalue weighted by Crippen LogP contribution is 2.15. The first kappa shape index (κ1) is 9.71. The monoisotopic (exact) mass is 204 g/mol. The number of fused-ring (bicyclic) bond motifs is 1. The summed E-state index contributed by atoms with van der Waals surface area (Å²) in [5.74, 6) is -0.915. The van der Waals surface area contributed by atoms with Gasteiger partial charge in [0.25, 0.3) is 0 Å². The first-order chi connectivity index (χ1) is 7.22. The molecule has 2 rings (SSSR count). The van der Waals surface area contributed by atoms with E-state index >= 15 is 0 Å². The summed E-state index contributed by atoms with van der Waals surface area (Å²) in [5, 5.41) is 8.82. The summed E-state index contributed by atoms with van der Waals surface area (Å²) in [6.07, 6.45) is 2.78. The minimum absolute atomic E-state index is 0.282. The lowest BCUT2D eigenvalue weighted by atomic mass is 10.2. The summed E-state index contributed by atoms with van der Waals surface area (Å²) in [7, 11) is 0. The Bertz CT molecular complexity index is 502. The summed E-state index contributed by atoms with van der Waals surface area (Å²) >= 11 is 0. The predicted octanol–water partition coefficient (Wildman–Crippen LogP) is 2.14. The molecule has 0 spiro atoms. The number of carboxylic acids is 1. The van der Waals surface area contributed by atoms with Crippen LogP contribution >= 0.6 is 0 Å². The predicted molar refractivity (Wildman–Crippen MR) is 57.0 cm³/mol. The van der Waals surface area contributed by atoms with Gasteiger partial charge in [-0.3, -0.25) is 0 Å². The molecule has 0 radical (unpaired) electrons. The molecule has 0 aliphatic carbocycles. The van der Waals surface area contributed by atoms with Crippen LogP contribution in [0.5, 0.6) is 0 Å². The molecule has 1 aromatic carbocycles. The Morgan fingerprint density at radius 3 is 3.00 bits per heavy atom. The van der Waals surface area contributed by atoms with E-state index in [4.69, 9.17) is 5.11 Å². The largest absolute Gasteiger partial charge is 0.478 e. The maximum atomic E-state index is 10.7. The lowest BCUT2D eigenvalue weighted by molar-refractivity contribution is 0.0697. The van der Waals surface area contributed by atoms with Gasteiger partial charge in [0.2, 0.25) is 0 Å². The molecule has 0 saturated carbocycles. The molecule has 0 saturated heterocycles. The lowest BCUT2D eigenvalue weighted by Crippen LogP contribution is -1.97. The molecule has 0 fully saturated rings. The fraction of sp³-hybridized carbons (Fsp3) is 0.273. The van der Waals surface area contributed by atoms with Crippen molar-refractivity contribution in [3.8, 4) is 0 Å². The van der Waals surface area contributed by atoms with Crippen LogP contribution in [0, 0.1) is 0 Å². The molecule has 0 bridgehead atoms. The van der Waals surface area contributed by atoms with Crippen LogP contribution in [0.1, 0.15) is 23.7 Å². The molecule has 1 aromatic heterocycles. The van der Waals surface area contributed by atoms with E-state index in [0.717, 1.165) is 24.0 Å². The van der Waals surface area contributed by atoms with E-state index < -0.39 is 5.97 Å². The number of hydrogen-bond acceptors (Lipinski definition) is 2. The fourth-order valence-corrected chi connectivity index (χ4v) is 1.62. The molecule has 0 unspecified atom stereocenters. The van der Waals surface area contributed by atoms with Crippen molar-refractivity contribution in [1.29, 1.82) is 0 Å². The maximum Gasteiger partial charge on any atom is 0.335 e. The summed E-state index contributed by atoms with van der Waals surface area (Å²) in [5.41, 5.74) is 2.01. The quantitative estimate of drug-likeness (QED) is 0.833. The van der Waals surface area contributed by atoms with E-state index in [1.807, 2.05) is 4.57 Å². The average Bonchev–Trinajstić information content (AvgIpc) is 2.61. The first-order valence-electron chi connectivity index (χ1n) is 4.90. The summed E-state index contributed by atoms with van der Waals surface area (Å²) in [6, 6.07) is 5.02. The van der Waals surface area contributed by atoms with Gasteiger partial charge in [0.15, 0.2) is 0 Å². The third kappa shape index (κ3) is 1.70. The van der Waals surface area contributed by atoms with Crippen molar-refractivity contribution in [2.45, 2.75) is 19.9 Å². The zero-order valence-electron chi connectivity index (χ0n) is 8.47. The highest BCUT2D eigenvalue weighted by molar-refractivity contribution is 5.92. The first-order valence-corrected chi connectivity index (χ1v) is 4.90. The average molecular weight is 204 g/mol. The number of imidazole rings is 1. The minimum Gasteiger partial charge on any atom is -0.478 e. The third-order valence-corrected chi connectivity index (χ3v) is 2.33. The molecule has 2 aromatic rings. The van der Waals surface area contributed by atoms with Gasteiger partial charge in [0, 0.05) is 6.54 Å². The number of aryl methyl sites for hydroxylation is 1. The van der Waals surface area contributed by atoms with Gasteiger partial charge in [-0.05, 0) is 24.6 Å². The molecule has 15 heavy (non-hydrogen) atoms. The van der Waals surface area contributed by atoms with E-state index in [0.29, 0.717) is 0 Å². The van der Waals surface area contributed by atoms with Crippen molar-refractivity contribution in [3.63, 3.8) is 0 Å². The third-order valence-electron chi connectivity index (χ3n) is 2.33. The lowest BCUT2D eigenvalue weighted by Gasteiger charge is -2.00. The van der Waals surface area contributed by atoms with Gasteiger partial charge in [-0.2, -0.15) is 0 Å². The molecule has 4 heteroatoms. The van der Waals surface area contributed by atoms with Gasteiger partial charge in [-0.1, -0.05) is 6.92 Å². The standard InChI is InChI=1S/C11H12N2O2/c1-2-5-13-7-12-9-6-8(11(14)15)3-4-10(9)13/h3-4,6-7H,2,5H2,1H3,(H,14,15). The van der Waals surface area contributed by atoms with Crippen molar-refractivity contribution >= 4 is 17.0 Å². The highest BCUT2D eigenvalue weighted by atomic mass is 16.4. The zero-order chi connectivity index (χ0) is 10.8. The van der Waals surface area contributed by atoms with Gasteiger partial charge in [0.05, 0.1) is 22.9 Å². The number of hydrogen-bond donors (Lipinski definition) is 1. The molecule has 0 amide bonds. The van der Waals surface area contributed by atoms with Crippen molar-refractivity contribution in [2.75, 3.05) is 0 Å². The Morgan fingerprint density at radius 2 is 2.33 bits per heavy atom. The van der Waals surface area contributed by atoms with Crippen molar-refractivity contribution in [3.05, 3.63) is 30.1 Å². The Kier molecular flexibility index (Phi) is 2.41. The topological polar surface area (TPSA) is 55.1 Å². The van der Waals surface area contributed by atoms with Gasteiger partial charge in [0.1, 0.15) is 0 Å². The summed E-state index contributed by atoms with van der Waals surface area (Å²) in [4.78, 5) is 14.9. The van der Waals surface area contributed by atoms with E-state index in [9.17, 15) is 4.79 Å². The Morgan fingerprint density at radius 1 is 1.53 bits per heavy atom. The van der Waals surface area contributed by atoms with Crippen LogP contribution in [0.4, 0.5) is 0 Å². The van der Waals surface area contributed by atoms with Crippen molar-refractivity contribution < 1.29 is 9.90 Å². The van der Waals surface area contributed by atoms with Crippen LogP contribution in [-0.2, 0) is 6.54 Å². The van der Waals surface area contributed by atoms with E-state index in [2.05, 4.69) is 11.9 Å². The van der Waals surface area contributed by atoms with Crippen LogP contribution in [-0.4, -0.2) is 20.6 Å². The fourth-order valence-electron chi connectivity index (χ4n) is 1.62. The molecule has 4 nitrogen and oxygen atoms in total. The smallest absolute Gasteiger partial charge is 0.335 e. The minimum atomic E-state index is -0.915. The number of carboxylic acid groups (broad SMARTS) is 1. The van der Waals surface area contributed by atoms with E-state index in [-0.39, 0.29) is 5.56 Å². The Balaban J connectivity index is 2.51. The van der Waals surface area contributed by atoms with Gasteiger partial charge in [-0.15, -0.1) is 0 Å². The van der Waals surface area contributed by atoms with Gasteiger partial charge >= 0.3 is 5.97 Å². The SMILES string of the molecule is CCCn1cnc2cc(C(=O)O)ccc21. The van der Waals surface area contributed by atoms with Gasteiger partial charge < -0.3 is 9.67 Å². The van der Waals surface area contributed by atoms with Crippen LogP contribution in [0.3, 0.4) is 0 Å². The van der Waals surface area contributed by atoms with E-state index in [1.165, 1.54) is 0 Å². The normalized spacial score (nSPS) is 10.7. The number of carbonyl (C=O) groups is 1. The number of nitrogens with zero attached hydrogens (tertiary/aromatic N) is 2. The second kappa shape index (κ2) is 3.73. The van der Waals surface area contributed by atoms with Crippen LogP contribution in [0.15, 0.2) is 24.5 Å². The molecular formula is C11H12N2O2. The number of rotatable bonds is 3. The molecule has 78 valence electrons. The van der Waals surface area contributed by atoms with E-state index in [1.54, 1.807) is 24.5 Å². The van der Waals surface area contributed by atoms with Crippen molar-refractivity contribution in [2.24, 2.45) is 0 Å². The molecule has 0 aliphatic rings. The molecule has 1 N–H and O–H groups in total. The zero-order valence-corrected chi connectivity index (χ0v) is 8.47. The molecular weight excluding hydrogens is 192 g/mol.